The average molecular weight is 324 g/mol. The summed E-state index contributed by atoms with van der Waals surface area (Å²) in [5, 5.41) is 0. The first kappa shape index (κ1) is 19.6. The molecule has 0 radical (unpaired) electrons. The summed E-state index contributed by atoms with van der Waals surface area (Å²) in [7, 11) is 2.79. The van der Waals surface area contributed by atoms with E-state index in [1.165, 1.54) is 21.6 Å². The van der Waals surface area contributed by atoms with E-state index in [1.807, 2.05) is 13.8 Å². The number of carbonyl (C=O) groups excluding carboxylic acids is 2. The van der Waals surface area contributed by atoms with Gasteiger partial charge < -0.3 is 20.9 Å². The van der Waals surface area contributed by atoms with Gasteiger partial charge >= 0.3 is 11.9 Å². The number of esters is 2. The molecule has 118 valence electrons. The summed E-state index contributed by atoms with van der Waals surface area (Å²) in [4.78, 5) is 22.8. The van der Waals surface area contributed by atoms with Gasteiger partial charge in [0.1, 0.15) is 12.1 Å². The van der Waals surface area contributed by atoms with Crippen LogP contribution >= 0.6 is 21.6 Å². The van der Waals surface area contributed by atoms with Crippen molar-refractivity contribution in [2.45, 2.75) is 38.8 Å². The van der Waals surface area contributed by atoms with Gasteiger partial charge in [0.05, 0.1) is 13.2 Å². The molecule has 6 nitrogen and oxygen atoms in total. The van der Waals surface area contributed by atoms with Gasteiger partial charge in [-0.3, -0.25) is 9.59 Å². The molecule has 0 saturated heterocycles. The lowest BCUT2D eigenvalue weighted by molar-refractivity contribution is -0.145. The molecule has 8 heteroatoms. The summed E-state index contributed by atoms with van der Waals surface area (Å²) in [5.41, 5.74) is 11.3. The van der Waals surface area contributed by atoms with Crippen molar-refractivity contribution in [3.63, 3.8) is 0 Å². The molecule has 0 saturated carbocycles. The Kier molecular flexibility index (Phi) is 12.0. The van der Waals surface area contributed by atoms with Crippen molar-refractivity contribution in [1.82, 2.24) is 0 Å². The smallest absolute Gasteiger partial charge is 0.323 e. The normalized spacial score (nSPS) is 13.6. The molecule has 0 bridgehead atoms. The standard InChI is InChI=1S/C12H24N2O4S2/c1-3-5-17-11(15)9(13)7-19-20-8-10(14)12(16)18-6-4-2/h9-10H,3-8,13-14H2,1-2H3. The van der Waals surface area contributed by atoms with E-state index in [2.05, 4.69) is 0 Å². The molecular weight excluding hydrogens is 300 g/mol. The first-order chi connectivity index (χ1) is 9.52. The summed E-state index contributed by atoms with van der Waals surface area (Å²) in [6.45, 7) is 4.61. The second-order valence-electron chi connectivity index (χ2n) is 4.12. The van der Waals surface area contributed by atoms with Gasteiger partial charge in [0.25, 0.3) is 0 Å². The van der Waals surface area contributed by atoms with Gasteiger partial charge in [0.15, 0.2) is 0 Å². The Hall–Kier alpha value is -0.440. The largest absolute Gasteiger partial charge is 0.465 e. The van der Waals surface area contributed by atoms with Crippen LogP contribution in [-0.4, -0.2) is 48.7 Å². The molecule has 0 rings (SSSR count). The van der Waals surface area contributed by atoms with E-state index in [4.69, 9.17) is 20.9 Å². The van der Waals surface area contributed by atoms with Gasteiger partial charge in [0.2, 0.25) is 0 Å². The van der Waals surface area contributed by atoms with Crippen LogP contribution in [0.25, 0.3) is 0 Å². The molecule has 0 heterocycles. The fraction of sp³-hybridized carbons (Fsp3) is 0.833. The molecule has 0 aliphatic rings. The van der Waals surface area contributed by atoms with Crippen LogP contribution in [0, 0.1) is 0 Å². The second kappa shape index (κ2) is 12.3. The minimum absolute atomic E-state index is 0.387. The number of rotatable bonds is 11. The van der Waals surface area contributed by atoms with Crippen LogP contribution in [0.2, 0.25) is 0 Å². The Morgan fingerprint density at radius 3 is 1.55 bits per heavy atom. The minimum atomic E-state index is -0.651. The zero-order chi connectivity index (χ0) is 15.4. The molecule has 0 amide bonds. The second-order valence-corrected chi connectivity index (χ2v) is 6.67. The maximum Gasteiger partial charge on any atom is 0.323 e. The highest BCUT2D eigenvalue weighted by Crippen LogP contribution is 2.22. The topological polar surface area (TPSA) is 105 Å². The molecule has 0 fully saturated rings. The zero-order valence-corrected chi connectivity index (χ0v) is 13.6. The van der Waals surface area contributed by atoms with Crippen molar-refractivity contribution < 1.29 is 19.1 Å². The molecule has 0 aliphatic carbocycles. The summed E-state index contributed by atoms with van der Waals surface area (Å²) >= 11 is 0. The molecule has 2 atom stereocenters. The predicted molar refractivity (Wildman–Crippen MR) is 83.4 cm³/mol. The van der Waals surface area contributed by atoms with Crippen molar-refractivity contribution in [3.05, 3.63) is 0 Å². The van der Waals surface area contributed by atoms with Crippen molar-refractivity contribution in [2.24, 2.45) is 11.5 Å². The lowest BCUT2D eigenvalue weighted by Gasteiger charge is -2.12. The number of nitrogens with two attached hydrogens (primary N) is 2. The Bertz CT molecular complexity index is 265. The first-order valence-corrected chi connectivity index (χ1v) is 9.10. The molecule has 0 aromatic rings. The average Bonchev–Trinajstić information content (AvgIpc) is 2.45. The molecule has 0 aliphatic heterocycles. The van der Waals surface area contributed by atoms with E-state index in [9.17, 15) is 9.59 Å². The van der Waals surface area contributed by atoms with Crippen molar-refractivity contribution in [1.29, 1.82) is 0 Å². The van der Waals surface area contributed by atoms with Crippen LogP contribution in [0.3, 0.4) is 0 Å². The number of carbonyl (C=O) groups is 2. The van der Waals surface area contributed by atoms with Crippen LogP contribution in [0.15, 0.2) is 0 Å². The number of ether oxygens (including phenoxy) is 2. The lowest BCUT2D eigenvalue weighted by atomic mass is 10.4. The maximum atomic E-state index is 11.4. The van der Waals surface area contributed by atoms with Gasteiger partial charge in [-0.25, -0.2) is 0 Å². The summed E-state index contributed by atoms with van der Waals surface area (Å²) in [6.07, 6.45) is 1.55. The third-order valence-electron chi connectivity index (χ3n) is 2.08. The molecular formula is C12H24N2O4S2. The molecule has 0 aromatic heterocycles. The monoisotopic (exact) mass is 324 g/mol. The van der Waals surface area contributed by atoms with Crippen molar-refractivity contribution in [2.75, 3.05) is 24.7 Å². The van der Waals surface area contributed by atoms with E-state index >= 15 is 0 Å². The van der Waals surface area contributed by atoms with Crippen LogP contribution in [-0.2, 0) is 19.1 Å². The van der Waals surface area contributed by atoms with E-state index < -0.39 is 24.0 Å². The minimum Gasteiger partial charge on any atom is -0.465 e. The third-order valence-corrected chi connectivity index (χ3v) is 4.55. The quantitative estimate of drug-likeness (QED) is 0.328. The molecule has 0 spiro atoms. The number of hydrogen-bond donors (Lipinski definition) is 2. The van der Waals surface area contributed by atoms with Gasteiger partial charge in [0, 0.05) is 11.5 Å². The Morgan fingerprint density at radius 2 is 1.25 bits per heavy atom. The van der Waals surface area contributed by atoms with Gasteiger partial charge in [-0.2, -0.15) is 0 Å². The van der Waals surface area contributed by atoms with Crippen LogP contribution in [0.1, 0.15) is 26.7 Å². The highest BCUT2D eigenvalue weighted by Gasteiger charge is 2.17. The SMILES string of the molecule is CCCOC(=O)C(N)CSSCC(N)C(=O)OCCC. The van der Waals surface area contributed by atoms with Crippen molar-refractivity contribution in [3.8, 4) is 0 Å². The van der Waals surface area contributed by atoms with Crippen molar-refractivity contribution >= 4 is 33.5 Å². The third kappa shape index (κ3) is 9.46. The van der Waals surface area contributed by atoms with Crippen LogP contribution in [0.5, 0.6) is 0 Å². The fourth-order valence-electron chi connectivity index (χ4n) is 0.998. The van der Waals surface area contributed by atoms with E-state index in [0.29, 0.717) is 24.7 Å². The highest BCUT2D eigenvalue weighted by molar-refractivity contribution is 8.76. The first-order valence-electron chi connectivity index (χ1n) is 6.61. The Morgan fingerprint density at radius 1 is 0.900 bits per heavy atom. The Balaban J connectivity index is 3.69. The van der Waals surface area contributed by atoms with Gasteiger partial charge in [-0.15, -0.1) is 0 Å². The predicted octanol–water partition coefficient (Wildman–Crippen LogP) is 0.929. The maximum absolute atomic E-state index is 11.4. The Labute approximate surface area is 128 Å². The van der Waals surface area contributed by atoms with E-state index in [-0.39, 0.29) is 0 Å². The van der Waals surface area contributed by atoms with Gasteiger partial charge in [-0.05, 0) is 12.8 Å². The molecule has 2 unspecified atom stereocenters. The van der Waals surface area contributed by atoms with Crippen LogP contribution < -0.4 is 11.5 Å². The van der Waals surface area contributed by atoms with Gasteiger partial charge in [-0.1, -0.05) is 35.4 Å². The molecule has 4 N–H and O–H groups in total. The highest BCUT2D eigenvalue weighted by atomic mass is 33.1. The lowest BCUT2D eigenvalue weighted by Crippen LogP contribution is -2.35. The summed E-state index contributed by atoms with van der Waals surface area (Å²) in [6, 6.07) is -1.30. The molecule has 20 heavy (non-hydrogen) atoms. The summed E-state index contributed by atoms with van der Waals surface area (Å²) < 4.78 is 9.86. The zero-order valence-electron chi connectivity index (χ0n) is 12.0. The number of hydrogen-bond acceptors (Lipinski definition) is 8. The van der Waals surface area contributed by atoms with E-state index in [1.54, 1.807) is 0 Å². The fourth-order valence-corrected chi connectivity index (χ4v) is 3.21. The van der Waals surface area contributed by atoms with Crippen LogP contribution in [0.4, 0.5) is 0 Å². The van der Waals surface area contributed by atoms with E-state index in [0.717, 1.165) is 12.8 Å². The molecule has 0 aromatic carbocycles. The summed E-state index contributed by atoms with van der Waals surface area (Å²) in [5.74, 6) is 0.0478.